The second-order valence-corrected chi connectivity index (χ2v) is 11.0. The Hall–Kier alpha value is -3.07. The van der Waals surface area contributed by atoms with Crippen molar-refractivity contribution in [3.8, 4) is 0 Å². The molecule has 37 heavy (non-hydrogen) atoms. The zero-order chi connectivity index (χ0) is 27.0. The molecule has 0 aliphatic carbocycles. The lowest BCUT2D eigenvalue weighted by atomic mass is 10.1. The summed E-state index contributed by atoms with van der Waals surface area (Å²) in [6.07, 6.45) is 0.495. The second-order valence-electron chi connectivity index (χ2n) is 8.32. The van der Waals surface area contributed by atoms with Gasteiger partial charge in [-0.2, -0.15) is 0 Å². The van der Waals surface area contributed by atoms with E-state index in [9.17, 15) is 18.0 Å². The molecule has 196 valence electrons. The quantitative estimate of drug-likeness (QED) is 0.364. The number of carbonyl (C=O) groups is 2. The van der Waals surface area contributed by atoms with E-state index >= 15 is 0 Å². The molecule has 0 saturated carbocycles. The Morgan fingerprint density at radius 2 is 1.54 bits per heavy atom. The molecule has 0 aliphatic heterocycles. The minimum absolute atomic E-state index is 0.0153. The summed E-state index contributed by atoms with van der Waals surface area (Å²) in [5.74, 6) is -0.851. The Morgan fingerprint density at radius 3 is 2.14 bits per heavy atom. The van der Waals surface area contributed by atoms with Gasteiger partial charge in [-0.05, 0) is 56.2 Å². The Kier molecular flexibility index (Phi) is 9.97. The van der Waals surface area contributed by atoms with Crippen LogP contribution in [0.4, 0.5) is 5.69 Å². The number of halogens is 2. The summed E-state index contributed by atoms with van der Waals surface area (Å²) in [6.45, 7) is 3.51. The molecule has 0 heterocycles. The lowest BCUT2D eigenvalue weighted by molar-refractivity contribution is -0.138. The summed E-state index contributed by atoms with van der Waals surface area (Å²) in [5, 5.41) is 3.14. The van der Waals surface area contributed by atoms with E-state index in [2.05, 4.69) is 5.32 Å². The molecule has 1 N–H and O–H groups in total. The highest BCUT2D eigenvalue weighted by atomic mass is 35.5. The van der Waals surface area contributed by atoms with Crippen molar-refractivity contribution < 1.29 is 18.0 Å². The van der Waals surface area contributed by atoms with Gasteiger partial charge in [0.15, 0.2) is 0 Å². The smallest absolute Gasteiger partial charge is 0.264 e. The standard InChI is InChI=1S/C27H29Cl2N3O4S/c1-3-30-27(34)20(2)31(17-16-21-10-6-4-7-11-21)26(33)19-32(22-14-15-24(28)25(29)18-22)37(35,36)23-12-8-5-9-13-23/h4-15,18,20H,3,16-17,19H2,1-2H3,(H,30,34)/t20-/m1/s1. The van der Waals surface area contributed by atoms with Crippen molar-refractivity contribution >= 4 is 50.7 Å². The summed E-state index contributed by atoms with van der Waals surface area (Å²) in [4.78, 5) is 27.8. The average molecular weight is 563 g/mol. The largest absolute Gasteiger partial charge is 0.355 e. The number of likely N-dealkylation sites (N-methyl/N-ethyl adjacent to an activating group) is 1. The van der Waals surface area contributed by atoms with Crippen LogP contribution in [0, 0.1) is 0 Å². The number of amides is 2. The summed E-state index contributed by atoms with van der Waals surface area (Å²) in [5.41, 5.74) is 1.17. The molecule has 0 unspecified atom stereocenters. The molecule has 7 nitrogen and oxygen atoms in total. The van der Waals surface area contributed by atoms with Crippen LogP contribution in [0.15, 0.2) is 83.8 Å². The van der Waals surface area contributed by atoms with Gasteiger partial charge in [0, 0.05) is 13.1 Å². The third-order valence-electron chi connectivity index (χ3n) is 5.80. The van der Waals surface area contributed by atoms with E-state index in [0.717, 1.165) is 9.87 Å². The van der Waals surface area contributed by atoms with Crippen molar-refractivity contribution in [1.82, 2.24) is 10.2 Å². The van der Waals surface area contributed by atoms with Gasteiger partial charge in [-0.15, -0.1) is 0 Å². The fourth-order valence-electron chi connectivity index (χ4n) is 3.78. The first kappa shape index (κ1) is 28.5. The van der Waals surface area contributed by atoms with Crippen molar-refractivity contribution in [3.63, 3.8) is 0 Å². The zero-order valence-corrected chi connectivity index (χ0v) is 22.9. The number of hydrogen-bond acceptors (Lipinski definition) is 4. The highest BCUT2D eigenvalue weighted by Gasteiger charge is 2.32. The normalized spacial score (nSPS) is 12.0. The van der Waals surface area contributed by atoms with Crippen LogP contribution in [0.2, 0.25) is 10.0 Å². The minimum Gasteiger partial charge on any atom is -0.355 e. The first-order valence-corrected chi connectivity index (χ1v) is 14.0. The fraction of sp³-hybridized carbons (Fsp3) is 0.259. The van der Waals surface area contributed by atoms with Gasteiger partial charge in [0.1, 0.15) is 12.6 Å². The number of hydrogen-bond donors (Lipinski definition) is 1. The van der Waals surface area contributed by atoms with Gasteiger partial charge in [-0.25, -0.2) is 8.42 Å². The summed E-state index contributed by atoms with van der Waals surface area (Å²) >= 11 is 12.3. The molecule has 3 aromatic rings. The van der Waals surface area contributed by atoms with Crippen molar-refractivity contribution in [1.29, 1.82) is 0 Å². The van der Waals surface area contributed by atoms with Crippen LogP contribution in [0.1, 0.15) is 19.4 Å². The monoisotopic (exact) mass is 561 g/mol. The zero-order valence-electron chi connectivity index (χ0n) is 20.6. The Morgan fingerprint density at radius 1 is 0.919 bits per heavy atom. The van der Waals surface area contributed by atoms with Gasteiger partial charge in [-0.3, -0.25) is 13.9 Å². The third kappa shape index (κ3) is 7.25. The molecule has 3 aromatic carbocycles. The van der Waals surface area contributed by atoms with Crippen LogP contribution < -0.4 is 9.62 Å². The number of sulfonamides is 1. The number of benzene rings is 3. The Labute approximate surface area is 228 Å². The Balaban J connectivity index is 1.98. The lowest BCUT2D eigenvalue weighted by Crippen LogP contribution is -2.52. The fourth-order valence-corrected chi connectivity index (χ4v) is 5.50. The van der Waals surface area contributed by atoms with Crippen molar-refractivity contribution in [2.24, 2.45) is 0 Å². The van der Waals surface area contributed by atoms with Crippen LogP contribution in [0.25, 0.3) is 0 Å². The predicted molar refractivity (Wildman–Crippen MR) is 147 cm³/mol. The summed E-state index contributed by atoms with van der Waals surface area (Å²) in [6, 6.07) is 20.9. The summed E-state index contributed by atoms with van der Waals surface area (Å²) < 4.78 is 28.3. The first-order valence-electron chi connectivity index (χ1n) is 11.8. The van der Waals surface area contributed by atoms with E-state index in [1.54, 1.807) is 32.0 Å². The predicted octanol–water partition coefficient (Wildman–Crippen LogP) is 4.78. The molecule has 0 saturated heterocycles. The maximum atomic E-state index is 13.7. The van der Waals surface area contributed by atoms with Crippen molar-refractivity contribution in [3.05, 3.63) is 94.5 Å². The molecular formula is C27H29Cl2N3O4S. The minimum atomic E-state index is -4.15. The van der Waals surface area contributed by atoms with Crippen LogP contribution in [0.5, 0.6) is 0 Å². The topological polar surface area (TPSA) is 86.8 Å². The highest BCUT2D eigenvalue weighted by molar-refractivity contribution is 7.92. The second kappa shape index (κ2) is 12.9. The van der Waals surface area contributed by atoms with Crippen molar-refractivity contribution in [2.75, 3.05) is 23.9 Å². The van der Waals surface area contributed by atoms with Crippen LogP contribution in [-0.4, -0.2) is 50.8 Å². The van der Waals surface area contributed by atoms with E-state index in [1.807, 2.05) is 30.3 Å². The van der Waals surface area contributed by atoms with E-state index < -0.39 is 28.5 Å². The van der Waals surface area contributed by atoms with E-state index in [0.29, 0.717) is 13.0 Å². The molecule has 0 spiro atoms. The van der Waals surface area contributed by atoms with Gasteiger partial charge >= 0.3 is 0 Å². The lowest BCUT2D eigenvalue weighted by Gasteiger charge is -2.32. The van der Waals surface area contributed by atoms with Crippen LogP contribution >= 0.6 is 23.2 Å². The molecule has 0 aliphatic rings. The van der Waals surface area contributed by atoms with Gasteiger partial charge in [0.2, 0.25) is 11.8 Å². The van der Waals surface area contributed by atoms with E-state index in [1.165, 1.54) is 35.2 Å². The van der Waals surface area contributed by atoms with Gasteiger partial charge in [0.05, 0.1) is 20.6 Å². The number of nitrogens with one attached hydrogen (secondary N) is 1. The van der Waals surface area contributed by atoms with Gasteiger partial charge < -0.3 is 10.2 Å². The molecule has 10 heteroatoms. The molecule has 1 atom stereocenters. The number of rotatable bonds is 11. The third-order valence-corrected chi connectivity index (χ3v) is 8.33. The van der Waals surface area contributed by atoms with E-state index in [-0.39, 0.29) is 33.1 Å². The molecular weight excluding hydrogens is 533 g/mol. The molecule has 3 rings (SSSR count). The van der Waals surface area contributed by atoms with Gasteiger partial charge in [-0.1, -0.05) is 71.7 Å². The van der Waals surface area contributed by atoms with Gasteiger partial charge in [0.25, 0.3) is 10.0 Å². The highest BCUT2D eigenvalue weighted by Crippen LogP contribution is 2.30. The van der Waals surface area contributed by atoms with Crippen LogP contribution in [-0.2, 0) is 26.0 Å². The number of anilines is 1. The number of nitrogens with zero attached hydrogens (tertiary/aromatic N) is 2. The SMILES string of the molecule is CCNC(=O)[C@@H](C)N(CCc1ccccc1)C(=O)CN(c1ccc(Cl)c(Cl)c1)S(=O)(=O)c1ccccc1. The van der Waals surface area contributed by atoms with E-state index in [4.69, 9.17) is 23.2 Å². The summed E-state index contributed by atoms with van der Waals surface area (Å²) in [7, 11) is -4.15. The molecule has 0 fully saturated rings. The molecule has 0 bridgehead atoms. The average Bonchev–Trinajstić information content (AvgIpc) is 2.90. The van der Waals surface area contributed by atoms with Crippen molar-refractivity contribution in [2.45, 2.75) is 31.2 Å². The molecule has 0 aromatic heterocycles. The number of carbonyl (C=O) groups excluding carboxylic acids is 2. The maximum absolute atomic E-state index is 13.7. The van der Waals surface area contributed by atoms with Crippen LogP contribution in [0.3, 0.4) is 0 Å². The molecule has 0 radical (unpaired) electrons. The Bertz CT molecular complexity index is 1320. The maximum Gasteiger partial charge on any atom is 0.264 e. The first-order chi connectivity index (χ1) is 17.6. The molecule has 2 amide bonds.